The molecule has 0 radical (unpaired) electrons. The normalized spacial score (nSPS) is 11.9. The molecule has 22 heavy (non-hydrogen) atoms. The van der Waals surface area contributed by atoms with Crippen LogP contribution in [0.5, 0.6) is 11.5 Å². The summed E-state index contributed by atoms with van der Waals surface area (Å²) in [6, 6.07) is 12.7. The number of hydrogen-bond acceptors (Lipinski definition) is 5. The number of nitrogens with zero attached hydrogens (tertiary/aromatic N) is 1. The topological polar surface area (TPSA) is 67.2 Å². The highest BCUT2D eigenvalue weighted by Crippen LogP contribution is 2.32. The predicted molar refractivity (Wildman–Crippen MR) is 88.5 cm³/mol. The molecule has 1 heterocycles. The summed E-state index contributed by atoms with van der Waals surface area (Å²) >= 11 is 1.33. The molecule has 0 N–H and O–H groups in total. The number of nitriles is 1. The molecule has 1 aromatic heterocycles. The molecule has 0 aliphatic rings. The molecule has 0 aliphatic heterocycles. The van der Waals surface area contributed by atoms with Gasteiger partial charge >= 0.3 is 0 Å². The number of ether oxygens (including phenoxy) is 1. The zero-order valence-electron chi connectivity index (χ0n) is 12.0. The van der Waals surface area contributed by atoms with Crippen molar-refractivity contribution in [3.05, 3.63) is 51.6 Å². The highest BCUT2D eigenvalue weighted by Gasteiger charge is 2.18. The SMILES string of the molecule is CCCS(=O)(=O)/C(C#N)=C\c1sccc1Oc1ccccc1. The number of sulfone groups is 1. The molecule has 0 spiro atoms. The Morgan fingerprint density at radius 1 is 1.32 bits per heavy atom. The van der Waals surface area contributed by atoms with Crippen LogP contribution in [0, 0.1) is 11.3 Å². The standard InChI is InChI=1S/C16H15NO3S2/c1-2-10-22(18,19)14(12-17)11-16-15(8-9-21-16)20-13-6-4-3-5-7-13/h3-9,11H,2,10H2,1H3/b14-11-. The van der Waals surface area contributed by atoms with Crippen LogP contribution in [0.3, 0.4) is 0 Å². The summed E-state index contributed by atoms with van der Waals surface area (Å²) in [5, 5.41) is 10.9. The van der Waals surface area contributed by atoms with Crippen molar-refractivity contribution in [1.29, 1.82) is 5.26 Å². The summed E-state index contributed by atoms with van der Waals surface area (Å²) in [4.78, 5) is 0.384. The maximum absolute atomic E-state index is 12.0. The van der Waals surface area contributed by atoms with Gasteiger partial charge in [0.2, 0.25) is 0 Å². The molecule has 0 amide bonds. The Balaban J connectivity index is 2.33. The zero-order valence-corrected chi connectivity index (χ0v) is 13.7. The van der Waals surface area contributed by atoms with E-state index in [1.54, 1.807) is 24.4 Å². The highest BCUT2D eigenvalue weighted by molar-refractivity contribution is 7.95. The number of benzene rings is 1. The molecular formula is C16H15NO3S2. The van der Waals surface area contributed by atoms with Crippen molar-refractivity contribution in [2.45, 2.75) is 13.3 Å². The number of thiophene rings is 1. The van der Waals surface area contributed by atoms with Gasteiger partial charge in [-0.2, -0.15) is 5.26 Å². The monoisotopic (exact) mass is 333 g/mol. The summed E-state index contributed by atoms with van der Waals surface area (Å²) < 4.78 is 29.8. The second-order valence-electron chi connectivity index (χ2n) is 4.50. The highest BCUT2D eigenvalue weighted by atomic mass is 32.2. The molecule has 0 aliphatic carbocycles. The minimum Gasteiger partial charge on any atom is -0.456 e. The second-order valence-corrected chi connectivity index (χ2v) is 7.53. The summed E-state index contributed by atoms with van der Waals surface area (Å²) in [5.41, 5.74) is 0. The molecule has 0 unspecified atom stereocenters. The van der Waals surface area contributed by atoms with E-state index in [1.807, 2.05) is 30.3 Å². The second kappa shape index (κ2) is 7.25. The predicted octanol–water partition coefficient (Wildman–Crippen LogP) is 4.23. The molecule has 2 aromatic rings. The lowest BCUT2D eigenvalue weighted by atomic mass is 10.3. The first kappa shape index (κ1) is 16.3. The van der Waals surface area contributed by atoms with E-state index in [-0.39, 0.29) is 10.7 Å². The van der Waals surface area contributed by atoms with Crippen LogP contribution in [0.2, 0.25) is 0 Å². The number of hydrogen-bond donors (Lipinski definition) is 0. The van der Waals surface area contributed by atoms with E-state index in [4.69, 9.17) is 10.00 Å². The van der Waals surface area contributed by atoms with E-state index in [0.717, 1.165) is 0 Å². The van der Waals surface area contributed by atoms with Crippen molar-refractivity contribution in [1.82, 2.24) is 0 Å². The van der Waals surface area contributed by atoms with Crippen LogP contribution in [0.25, 0.3) is 6.08 Å². The lowest BCUT2D eigenvalue weighted by molar-refractivity contribution is 0.484. The average molecular weight is 333 g/mol. The van der Waals surface area contributed by atoms with Gasteiger partial charge < -0.3 is 4.74 Å². The van der Waals surface area contributed by atoms with Gasteiger partial charge in [0.25, 0.3) is 0 Å². The summed E-state index contributed by atoms with van der Waals surface area (Å²) in [6.45, 7) is 1.77. The van der Waals surface area contributed by atoms with Crippen LogP contribution in [-0.2, 0) is 9.84 Å². The third-order valence-corrected chi connectivity index (χ3v) is 5.48. The fourth-order valence-corrected chi connectivity index (χ4v) is 3.82. The first-order valence-corrected chi connectivity index (χ1v) is 9.25. The van der Waals surface area contributed by atoms with E-state index >= 15 is 0 Å². The number of rotatable bonds is 6. The number of para-hydroxylation sites is 1. The Hall–Kier alpha value is -2.10. The smallest absolute Gasteiger partial charge is 0.188 e. The van der Waals surface area contributed by atoms with Gasteiger partial charge in [-0.15, -0.1) is 11.3 Å². The summed E-state index contributed by atoms with van der Waals surface area (Å²) in [6.07, 6.45) is 1.85. The van der Waals surface area contributed by atoms with Crippen LogP contribution < -0.4 is 4.74 Å². The molecule has 0 fully saturated rings. The van der Waals surface area contributed by atoms with Gasteiger partial charge in [-0.25, -0.2) is 8.42 Å². The van der Waals surface area contributed by atoms with Crippen LogP contribution in [-0.4, -0.2) is 14.2 Å². The fourth-order valence-electron chi connectivity index (χ4n) is 1.80. The molecule has 6 heteroatoms. The molecule has 2 rings (SSSR count). The molecule has 114 valence electrons. The van der Waals surface area contributed by atoms with Gasteiger partial charge in [0.05, 0.1) is 10.6 Å². The van der Waals surface area contributed by atoms with Crippen LogP contribution in [0.1, 0.15) is 18.2 Å². The quantitative estimate of drug-likeness (QED) is 0.742. The van der Waals surface area contributed by atoms with Gasteiger partial charge in [0, 0.05) is 0 Å². The maximum Gasteiger partial charge on any atom is 0.188 e. The molecule has 1 aromatic carbocycles. The van der Waals surface area contributed by atoms with Crippen LogP contribution in [0.4, 0.5) is 0 Å². The maximum atomic E-state index is 12.0. The largest absolute Gasteiger partial charge is 0.456 e. The first-order chi connectivity index (χ1) is 10.6. The van der Waals surface area contributed by atoms with Gasteiger partial charge in [0.15, 0.2) is 9.84 Å². The third-order valence-electron chi connectivity index (χ3n) is 2.81. The van der Waals surface area contributed by atoms with E-state index < -0.39 is 9.84 Å². The van der Waals surface area contributed by atoms with E-state index in [2.05, 4.69) is 0 Å². The first-order valence-electron chi connectivity index (χ1n) is 6.71. The Bertz CT molecular complexity index is 799. The third kappa shape index (κ3) is 3.97. The molecule has 0 saturated heterocycles. The van der Waals surface area contributed by atoms with Gasteiger partial charge in [0.1, 0.15) is 22.5 Å². The molecule has 4 nitrogen and oxygen atoms in total. The van der Waals surface area contributed by atoms with Gasteiger partial charge in [-0.3, -0.25) is 0 Å². The Morgan fingerprint density at radius 2 is 2.05 bits per heavy atom. The van der Waals surface area contributed by atoms with Crippen molar-refractivity contribution in [2.24, 2.45) is 0 Å². The van der Waals surface area contributed by atoms with Crippen molar-refractivity contribution in [3.63, 3.8) is 0 Å². The molecule has 0 atom stereocenters. The van der Waals surface area contributed by atoms with Gasteiger partial charge in [-0.05, 0) is 36.1 Å². The average Bonchev–Trinajstić information content (AvgIpc) is 2.92. The number of allylic oxidation sites excluding steroid dienone is 1. The van der Waals surface area contributed by atoms with E-state index in [9.17, 15) is 8.42 Å². The minimum absolute atomic E-state index is 0.0351. The van der Waals surface area contributed by atoms with Crippen molar-refractivity contribution in [3.8, 4) is 17.6 Å². The fraction of sp³-hybridized carbons (Fsp3) is 0.188. The van der Waals surface area contributed by atoms with Crippen molar-refractivity contribution >= 4 is 27.3 Å². The Morgan fingerprint density at radius 3 is 2.68 bits per heavy atom. The van der Waals surface area contributed by atoms with Gasteiger partial charge in [-0.1, -0.05) is 25.1 Å². The molecular weight excluding hydrogens is 318 g/mol. The van der Waals surface area contributed by atoms with E-state index in [0.29, 0.717) is 22.8 Å². The summed E-state index contributed by atoms with van der Waals surface area (Å²) in [7, 11) is -3.54. The Kier molecular flexibility index (Phi) is 5.36. The Labute approximate surface area is 134 Å². The summed E-state index contributed by atoms with van der Waals surface area (Å²) in [5.74, 6) is 1.16. The lowest BCUT2D eigenvalue weighted by Gasteiger charge is -2.05. The van der Waals surface area contributed by atoms with Crippen molar-refractivity contribution in [2.75, 3.05) is 5.75 Å². The van der Waals surface area contributed by atoms with Crippen LogP contribution >= 0.6 is 11.3 Å². The van der Waals surface area contributed by atoms with E-state index in [1.165, 1.54) is 17.4 Å². The molecule has 0 bridgehead atoms. The molecule has 0 saturated carbocycles. The zero-order chi connectivity index (χ0) is 16.0. The van der Waals surface area contributed by atoms with Crippen LogP contribution in [0.15, 0.2) is 46.7 Å². The lowest BCUT2D eigenvalue weighted by Crippen LogP contribution is -2.07. The van der Waals surface area contributed by atoms with Crippen molar-refractivity contribution < 1.29 is 13.2 Å². The minimum atomic E-state index is -3.54.